The number of benzene rings is 1. The second-order valence-corrected chi connectivity index (χ2v) is 7.81. The van der Waals surface area contributed by atoms with Gasteiger partial charge in [-0.25, -0.2) is 9.78 Å². The van der Waals surface area contributed by atoms with Gasteiger partial charge in [0.05, 0.1) is 18.6 Å². The van der Waals surface area contributed by atoms with Crippen molar-refractivity contribution in [1.82, 2.24) is 9.55 Å². The zero-order chi connectivity index (χ0) is 20.7. The summed E-state index contributed by atoms with van der Waals surface area (Å²) in [6, 6.07) is 9.31. The maximum atomic E-state index is 12.5. The number of esters is 1. The van der Waals surface area contributed by atoms with Gasteiger partial charge in [0.15, 0.2) is 6.04 Å². The first kappa shape index (κ1) is 23.2. The van der Waals surface area contributed by atoms with Crippen molar-refractivity contribution in [2.45, 2.75) is 90.5 Å². The van der Waals surface area contributed by atoms with Crippen molar-refractivity contribution in [3.63, 3.8) is 0 Å². The van der Waals surface area contributed by atoms with E-state index in [-0.39, 0.29) is 5.97 Å². The summed E-state index contributed by atoms with van der Waals surface area (Å²) >= 11 is 0. The summed E-state index contributed by atoms with van der Waals surface area (Å²) in [5, 5.41) is 0. The normalized spacial score (nSPS) is 12.1. The van der Waals surface area contributed by atoms with Crippen LogP contribution in [0, 0.1) is 0 Å². The molecule has 0 radical (unpaired) electrons. The Hall–Kier alpha value is -2.10. The molecule has 0 saturated carbocycles. The average Bonchev–Trinajstić information content (AvgIpc) is 3.19. The molecule has 0 bridgehead atoms. The summed E-state index contributed by atoms with van der Waals surface area (Å²) in [4.78, 5) is 17.1. The number of aromatic nitrogens is 2. The monoisotopic (exact) mass is 398 g/mol. The Morgan fingerprint density at radius 3 is 2.17 bits per heavy atom. The summed E-state index contributed by atoms with van der Waals surface area (Å²) < 4.78 is 7.19. The van der Waals surface area contributed by atoms with Crippen LogP contribution in [0.1, 0.15) is 95.4 Å². The highest BCUT2D eigenvalue weighted by atomic mass is 16.5. The van der Waals surface area contributed by atoms with Gasteiger partial charge in [-0.2, -0.15) is 0 Å². The SMILES string of the molecule is CCCCCCCCCCCCc1cn(C(C(=O)OCC)c2ccccc2)cn1. The highest BCUT2D eigenvalue weighted by Gasteiger charge is 2.23. The summed E-state index contributed by atoms with van der Waals surface area (Å²) in [6.45, 7) is 4.48. The third-order valence-electron chi connectivity index (χ3n) is 5.36. The topological polar surface area (TPSA) is 44.1 Å². The van der Waals surface area contributed by atoms with E-state index in [2.05, 4.69) is 11.9 Å². The van der Waals surface area contributed by atoms with Crippen molar-refractivity contribution in [2.75, 3.05) is 6.61 Å². The minimum Gasteiger partial charge on any atom is -0.464 e. The molecule has 1 aromatic heterocycles. The fraction of sp³-hybridized carbons (Fsp3) is 0.600. The van der Waals surface area contributed by atoms with Crippen LogP contribution in [0.2, 0.25) is 0 Å². The van der Waals surface area contributed by atoms with Crippen LogP contribution in [0.3, 0.4) is 0 Å². The zero-order valence-electron chi connectivity index (χ0n) is 18.3. The molecule has 160 valence electrons. The van der Waals surface area contributed by atoms with Crippen LogP contribution in [0.5, 0.6) is 0 Å². The molecule has 4 nitrogen and oxygen atoms in total. The van der Waals surface area contributed by atoms with Gasteiger partial charge >= 0.3 is 5.97 Å². The zero-order valence-corrected chi connectivity index (χ0v) is 18.3. The van der Waals surface area contributed by atoms with Crippen LogP contribution in [0.25, 0.3) is 0 Å². The van der Waals surface area contributed by atoms with Crippen molar-refractivity contribution < 1.29 is 9.53 Å². The van der Waals surface area contributed by atoms with Crippen molar-refractivity contribution >= 4 is 5.97 Å². The molecule has 0 aliphatic rings. The number of unbranched alkanes of at least 4 members (excludes halogenated alkanes) is 9. The molecule has 0 fully saturated rings. The number of carbonyl (C=O) groups excluding carboxylic acids is 1. The molecule has 29 heavy (non-hydrogen) atoms. The van der Waals surface area contributed by atoms with E-state index in [1.54, 1.807) is 6.33 Å². The number of aryl methyl sites for hydroxylation is 1. The Bertz CT molecular complexity index is 681. The number of ether oxygens (including phenoxy) is 1. The Morgan fingerprint density at radius 1 is 0.931 bits per heavy atom. The molecule has 1 heterocycles. The third-order valence-corrected chi connectivity index (χ3v) is 5.36. The lowest BCUT2D eigenvalue weighted by Crippen LogP contribution is -2.22. The molecule has 2 rings (SSSR count). The second-order valence-electron chi connectivity index (χ2n) is 7.81. The fourth-order valence-corrected chi connectivity index (χ4v) is 3.73. The van der Waals surface area contributed by atoms with E-state index >= 15 is 0 Å². The van der Waals surface area contributed by atoms with Gasteiger partial charge in [-0.3, -0.25) is 0 Å². The maximum Gasteiger partial charge on any atom is 0.333 e. The Balaban J connectivity index is 1.76. The van der Waals surface area contributed by atoms with E-state index < -0.39 is 6.04 Å². The molecule has 1 unspecified atom stereocenters. The molecular formula is C25H38N2O2. The lowest BCUT2D eigenvalue weighted by molar-refractivity contribution is -0.145. The molecule has 0 aliphatic heterocycles. The van der Waals surface area contributed by atoms with Gasteiger partial charge < -0.3 is 9.30 Å². The number of carbonyl (C=O) groups is 1. The second kappa shape index (κ2) is 14.0. The van der Waals surface area contributed by atoms with Crippen molar-refractivity contribution in [1.29, 1.82) is 0 Å². The Kier molecular flexibility index (Phi) is 11.2. The highest BCUT2D eigenvalue weighted by molar-refractivity contribution is 5.78. The van der Waals surface area contributed by atoms with Gasteiger partial charge in [0, 0.05) is 6.20 Å². The summed E-state index contributed by atoms with van der Waals surface area (Å²) in [7, 11) is 0. The standard InChI is InChI=1S/C25H38N2O2/c1-3-5-6-7-8-9-10-11-12-16-19-23-20-27(21-26-23)24(25(28)29-4-2)22-17-14-13-15-18-22/h13-15,17-18,20-21,24H,3-12,16,19H2,1-2H3. The average molecular weight is 399 g/mol. The molecule has 2 aromatic rings. The summed E-state index contributed by atoms with van der Waals surface area (Å²) in [5.41, 5.74) is 1.98. The molecule has 0 aliphatic carbocycles. The molecule has 4 heteroatoms. The quantitative estimate of drug-likeness (QED) is 0.254. The van der Waals surface area contributed by atoms with Crippen molar-refractivity contribution in [3.05, 3.63) is 54.1 Å². The predicted octanol–water partition coefficient (Wildman–Crippen LogP) is 6.50. The first-order valence-electron chi connectivity index (χ1n) is 11.5. The Labute approximate surface area is 176 Å². The summed E-state index contributed by atoms with van der Waals surface area (Å²) in [5.74, 6) is -0.235. The molecule has 1 atom stereocenters. The summed E-state index contributed by atoms with van der Waals surface area (Å²) in [6.07, 6.45) is 18.1. The largest absolute Gasteiger partial charge is 0.464 e. The number of hydrogen-bond acceptors (Lipinski definition) is 3. The lowest BCUT2D eigenvalue weighted by Gasteiger charge is -2.17. The van der Waals surface area contributed by atoms with Gasteiger partial charge in [0.2, 0.25) is 0 Å². The van der Waals surface area contributed by atoms with E-state index in [0.29, 0.717) is 6.61 Å². The molecule has 0 N–H and O–H groups in total. The van der Waals surface area contributed by atoms with Gasteiger partial charge in [-0.1, -0.05) is 95.0 Å². The van der Waals surface area contributed by atoms with Crippen LogP contribution >= 0.6 is 0 Å². The van der Waals surface area contributed by atoms with E-state index in [1.165, 1.54) is 57.8 Å². The Morgan fingerprint density at radius 2 is 1.55 bits per heavy atom. The van der Waals surface area contributed by atoms with Gasteiger partial charge in [-0.05, 0) is 25.3 Å². The lowest BCUT2D eigenvalue weighted by atomic mass is 10.1. The minimum absolute atomic E-state index is 0.235. The third kappa shape index (κ3) is 8.43. The smallest absolute Gasteiger partial charge is 0.333 e. The first-order valence-corrected chi connectivity index (χ1v) is 11.5. The minimum atomic E-state index is -0.467. The first-order chi connectivity index (χ1) is 14.3. The van der Waals surface area contributed by atoms with Gasteiger partial charge in [-0.15, -0.1) is 0 Å². The number of rotatable bonds is 15. The van der Waals surface area contributed by atoms with Crippen LogP contribution in [-0.4, -0.2) is 22.1 Å². The van der Waals surface area contributed by atoms with E-state index in [9.17, 15) is 4.79 Å². The van der Waals surface area contributed by atoms with Gasteiger partial charge in [0.25, 0.3) is 0 Å². The van der Waals surface area contributed by atoms with Crippen LogP contribution in [0.4, 0.5) is 0 Å². The molecule has 0 saturated heterocycles. The van der Waals surface area contributed by atoms with Crippen molar-refractivity contribution in [2.24, 2.45) is 0 Å². The van der Waals surface area contributed by atoms with Crippen LogP contribution < -0.4 is 0 Å². The molecule has 1 aromatic carbocycles. The molecule has 0 spiro atoms. The van der Waals surface area contributed by atoms with E-state index in [0.717, 1.165) is 24.1 Å². The number of nitrogens with zero attached hydrogens (tertiary/aromatic N) is 2. The van der Waals surface area contributed by atoms with Gasteiger partial charge in [0.1, 0.15) is 0 Å². The molecule has 0 amide bonds. The van der Waals surface area contributed by atoms with Crippen LogP contribution in [-0.2, 0) is 16.0 Å². The van der Waals surface area contributed by atoms with Crippen LogP contribution in [0.15, 0.2) is 42.9 Å². The highest BCUT2D eigenvalue weighted by Crippen LogP contribution is 2.21. The fourth-order valence-electron chi connectivity index (χ4n) is 3.73. The van der Waals surface area contributed by atoms with E-state index in [1.807, 2.05) is 48.0 Å². The number of imidazole rings is 1. The number of hydrogen-bond donors (Lipinski definition) is 0. The predicted molar refractivity (Wildman–Crippen MR) is 119 cm³/mol. The van der Waals surface area contributed by atoms with Crippen molar-refractivity contribution in [3.8, 4) is 0 Å². The maximum absolute atomic E-state index is 12.5. The van der Waals surface area contributed by atoms with E-state index in [4.69, 9.17) is 4.74 Å². The molecular weight excluding hydrogens is 360 g/mol.